The van der Waals surface area contributed by atoms with E-state index in [9.17, 15) is 9.18 Å². The summed E-state index contributed by atoms with van der Waals surface area (Å²) in [4.78, 5) is 11.0. The van der Waals surface area contributed by atoms with Crippen LogP contribution in [-0.4, -0.2) is 18.2 Å². The molecule has 0 saturated heterocycles. The molecule has 0 heterocycles. The molecule has 0 saturated carbocycles. The summed E-state index contributed by atoms with van der Waals surface area (Å²) in [5.41, 5.74) is 1.45. The molecule has 0 spiro atoms. The van der Waals surface area contributed by atoms with Gasteiger partial charge < -0.3 is 9.84 Å². The number of carboxylic acid groups (broad SMARTS) is 1. The lowest BCUT2D eigenvalue weighted by Gasteiger charge is -2.08. The molecule has 0 fully saturated rings. The Hall–Kier alpha value is -2.07. The molecule has 0 radical (unpaired) electrons. The Kier molecular flexibility index (Phi) is 3.71. The maximum Gasteiger partial charge on any atom is 0.339 e. The predicted octanol–water partition coefficient (Wildman–Crippen LogP) is 3.85. The van der Waals surface area contributed by atoms with Crippen LogP contribution in [0.5, 0.6) is 5.75 Å². The normalized spacial score (nSPS) is 10.3. The SMILES string of the molecule is COc1cc(-c2ccc(F)c(Cl)c2)ccc1C(=O)O. The molecule has 0 aliphatic heterocycles. The quantitative estimate of drug-likeness (QED) is 0.929. The van der Waals surface area contributed by atoms with Crippen LogP contribution in [0.15, 0.2) is 36.4 Å². The van der Waals surface area contributed by atoms with Gasteiger partial charge in [0.05, 0.1) is 12.1 Å². The van der Waals surface area contributed by atoms with Crippen LogP contribution in [-0.2, 0) is 0 Å². The van der Waals surface area contributed by atoms with Crippen LogP contribution in [0.4, 0.5) is 4.39 Å². The van der Waals surface area contributed by atoms with Gasteiger partial charge in [-0.3, -0.25) is 0 Å². The highest BCUT2D eigenvalue weighted by atomic mass is 35.5. The summed E-state index contributed by atoms with van der Waals surface area (Å²) in [6.07, 6.45) is 0. The Balaban J connectivity index is 2.51. The van der Waals surface area contributed by atoms with Crippen LogP contribution < -0.4 is 4.74 Å². The Bertz CT molecular complexity index is 641. The molecular weight excluding hydrogens is 271 g/mol. The van der Waals surface area contributed by atoms with E-state index in [-0.39, 0.29) is 16.3 Å². The monoisotopic (exact) mass is 280 g/mol. The van der Waals surface area contributed by atoms with Gasteiger partial charge in [0.1, 0.15) is 17.1 Å². The minimum Gasteiger partial charge on any atom is -0.496 e. The lowest BCUT2D eigenvalue weighted by atomic mass is 10.0. The number of carboxylic acids is 1. The average Bonchev–Trinajstić information content (AvgIpc) is 2.41. The van der Waals surface area contributed by atoms with Crippen molar-refractivity contribution in [1.29, 1.82) is 0 Å². The molecule has 0 aromatic heterocycles. The fraction of sp³-hybridized carbons (Fsp3) is 0.0714. The second-order valence-corrected chi connectivity index (χ2v) is 4.26. The van der Waals surface area contributed by atoms with Crippen LogP contribution >= 0.6 is 11.6 Å². The number of carbonyl (C=O) groups is 1. The van der Waals surface area contributed by atoms with Crippen molar-refractivity contribution in [2.24, 2.45) is 0 Å². The number of rotatable bonds is 3. The third kappa shape index (κ3) is 2.69. The van der Waals surface area contributed by atoms with Crippen molar-refractivity contribution >= 4 is 17.6 Å². The van der Waals surface area contributed by atoms with E-state index in [0.717, 1.165) is 0 Å². The minimum atomic E-state index is -1.07. The van der Waals surface area contributed by atoms with E-state index in [1.807, 2.05) is 0 Å². The summed E-state index contributed by atoms with van der Waals surface area (Å²) in [5, 5.41) is 9.00. The first-order chi connectivity index (χ1) is 9.02. The number of halogens is 2. The molecule has 2 aromatic rings. The van der Waals surface area contributed by atoms with Crippen molar-refractivity contribution in [3.8, 4) is 16.9 Å². The van der Waals surface area contributed by atoms with Gasteiger partial charge in [0.25, 0.3) is 0 Å². The van der Waals surface area contributed by atoms with E-state index in [2.05, 4.69) is 0 Å². The molecule has 5 heteroatoms. The Morgan fingerprint density at radius 1 is 1.21 bits per heavy atom. The lowest BCUT2D eigenvalue weighted by Crippen LogP contribution is -2.00. The molecule has 2 aromatic carbocycles. The summed E-state index contributed by atoms with van der Waals surface area (Å²) in [6, 6.07) is 8.94. The molecule has 0 aliphatic rings. The molecule has 2 rings (SSSR count). The molecule has 0 amide bonds. The molecule has 19 heavy (non-hydrogen) atoms. The standard InChI is InChI=1S/C14H10ClFO3/c1-19-13-7-9(2-4-10(13)14(17)18)8-3-5-12(16)11(15)6-8/h2-7H,1H3,(H,17,18). The second kappa shape index (κ2) is 5.28. The van der Waals surface area contributed by atoms with E-state index in [4.69, 9.17) is 21.4 Å². The number of hydrogen-bond acceptors (Lipinski definition) is 2. The average molecular weight is 281 g/mol. The highest BCUT2D eigenvalue weighted by Crippen LogP contribution is 2.29. The molecule has 0 aliphatic carbocycles. The number of hydrogen-bond donors (Lipinski definition) is 1. The fourth-order valence-corrected chi connectivity index (χ4v) is 1.90. The second-order valence-electron chi connectivity index (χ2n) is 3.85. The number of aromatic carboxylic acids is 1. The Labute approximate surface area is 114 Å². The largest absolute Gasteiger partial charge is 0.496 e. The van der Waals surface area contributed by atoms with Gasteiger partial charge in [-0.15, -0.1) is 0 Å². The van der Waals surface area contributed by atoms with Crippen LogP contribution in [0.3, 0.4) is 0 Å². The summed E-state index contributed by atoms with van der Waals surface area (Å²) in [7, 11) is 1.39. The zero-order valence-electron chi connectivity index (χ0n) is 9.98. The maximum atomic E-state index is 13.1. The molecule has 98 valence electrons. The van der Waals surface area contributed by atoms with Crippen molar-refractivity contribution in [2.75, 3.05) is 7.11 Å². The maximum absolute atomic E-state index is 13.1. The van der Waals surface area contributed by atoms with Gasteiger partial charge in [0.2, 0.25) is 0 Å². The van der Waals surface area contributed by atoms with E-state index >= 15 is 0 Å². The molecule has 1 N–H and O–H groups in total. The van der Waals surface area contributed by atoms with Crippen LogP contribution in [0.1, 0.15) is 10.4 Å². The van der Waals surface area contributed by atoms with Crippen molar-refractivity contribution in [2.45, 2.75) is 0 Å². The van der Waals surface area contributed by atoms with Gasteiger partial charge in [-0.05, 0) is 35.4 Å². The molecular formula is C14H10ClFO3. The van der Waals surface area contributed by atoms with Crippen molar-refractivity contribution in [3.05, 3.63) is 52.8 Å². The molecule has 3 nitrogen and oxygen atoms in total. The first kappa shape index (κ1) is 13.4. The highest BCUT2D eigenvalue weighted by Gasteiger charge is 2.12. The van der Waals surface area contributed by atoms with E-state index in [0.29, 0.717) is 11.1 Å². The summed E-state index contributed by atoms with van der Waals surface area (Å²) >= 11 is 5.72. The van der Waals surface area contributed by atoms with Gasteiger partial charge in [-0.25, -0.2) is 9.18 Å². The molecule has 0 bridgehead atoms. The molecule has 0 unspecified atom stereocenters. The number of methoxy groups -OCH3 is 1. The van der Waals surface area contributed by atoms with Crippen LogP contribution in [0, 0.1) is 5.82 Å². The van der Waals surface area contributed by atoms with Gasteiger partial charge in [-0.2, -0.15) is 0 Å². The summed E-state index contributed by atoms with van der Waals surface area (Å²) < 4.78 is 18.1. The van der Waals surface area contributed by atoms with Crippen molar-refractivity contribution in [3.63, 3.8) is 0 Å². The van der Waals surface area contributed by atoms with E-state index in [1.165, 1.54) is 25.3 Å². The number of benzene rings is 2. The third-order valence-electron chi connectivity index (χ3n) is 2.68. The van der Waals surface area contributed by atoms with Gasteiger partial charge in [0, 0.05) is 0 Å². The highest BCUT2D eigenvalue weighted by molar-refractivity contribution is 6.31. The van der Waals surface area contributed by atoms with Crippen molar-refractivity contribution in [1.82, 2.24) is 0 Å². The minimum absolute atomic E-state index is 0.0128. The zero-order valence-corrected chi connectivity index (χ0v) is 10.7. The van der Waals surface area contributed by atoms with Crippen LogP contribution in [0.2, 0.25) is 5.02 Å². The lowest BCUT2D eigenvalue weighted by molar-refractivity contribution is 0.0693. The molecule has 0 atom stereocenters. The van der Waals surface area contributed by atoms with E-state index in [1.54, 1.807) is 18.2 Å². The van der Waals surface area contributed by atoms with Gasteiger partial charge >= 0.3 is 5.97 Å². The fourth-order valence-electron chi connectivity index (χ4n) is 1.72. The number of ether oxygens (including phenoxy) is 1. The predicted molar refractivity (Wildman–Crippen MR) is 70.4 cm³/mol. The third-order valence-corrected chi connectivity index (χ3v) is 2.97. The summed E-state index contributed by atoms with van der Waals surface area (Å²) in [6.45, 7) is 0. The van der Waals surface area contributed by atoms with Crippen LogP contribution in [0.25, 0.3) is 11.1 Å². The van der Waals surface area contributed by atoms with E-state index < -0.39 is 11.8 Å². The first-order valence-electron chi connectivity index (χ1n) is 5.39. The zero-order chi connectivity index (χ0) is 14.0. The Morgan fingerprint density at radius 3 is 2.42 bits per heavy atom. The summed E-state index contributed by atoms with van der Waals surface area (Å²) in [5.74, 6) is -1.33. The Morgan fingerprint density at radius 2 is 1.84 bits per heavy atom. The van der Waals surface area contributed by atoms with Gasteiger partial charge in [0.15, 0.2) is 0 Å². The van der Waals surface area contributed by atoms with Crippen molar-refractivity contribution < 1.29 is 19.0 Å². The first-order valence-corrected chi connectivity index (χ1v) is 5.77. The topological polar surface area (TPSA) is 46.5 Å². The van der Waals surface area contributed by atoms with Gasteiger partial charge in [-0.1, -0.05) is 23.7 Å². The smallest absolute Gasteiger partial charge is 0.339 e.